The molecular formula is C66H56F6N8O11S2. The molecule has 0 radical (unpaired) electrons. The van der Waals surface area contributed by atoms with Gasteiger partial charge >= 0.3 is 11.9 Å². The maximum atomic E-state index is 16.1. The Balaban J connectivity index is 0.733. The fourth-order valence-corrected chi connectivity index (χ4v) is 12.8. The molecule has 19 nitrogen and oxygen atoms in total. The van der Waals surface area contributed by atoms with Crippen molar-refractivity contribution in [2.45, 2.75) is 65.3 Å². The van der Waals surface area contributed by atoms with Crippen LogP contribution < -0.4 is 9.47 Å². The molecule has 0 saturated heterocycles. The highest BCUT2D eigenvalue weighted by Crippen LogP contribution is 2.34. The molecule has 0 spiro atoms. The highest BCUT2D eigenvalue weighted by molar-refractivity contribution is 7.88. The largest absolute Gasteiger partial charge is 0.473 e. The molecule has 480 valence electrons. The predicted octanol–water partition coefficient (Wildman–Crippen LogP) is 10.5. The first-order valence-corrected chi connectivity index (χ1v) is 32.6. The lowest BCUT2D eigenvalue weighted by molar-refractivity contribution is 0.0397. The monoisotopic (exact) mass is 1310 g/mol. The zero-order chi connectivity index (χ0) is 65.6. The Morgan fingerprint density at radius 1 is 0.473 bits per heavy atom. The Morgan fingerprint density at radius 3 is 1.28 bits per heavy atom. The van der Waals surface area contributed by atoms with Crippen LogP contribution in [0.15, 0.2) is 121 Å². The Hall–Kier alpha value is -9.38. The Morgan fingerprint density at radius 2 is 0.882 bits per heavy atom. The maximum Gasteiger partial charge on any atom is 0.346 e. The van der Waals surface area contributed by atoms with E-state index in [9.17, 15) is 26.4 Å². The van der Waals surface area contributed by atoms with Crippen molar-refractivity contribution in [3.63, 3.8) is 0 Å². The number of carbonyl (C=O) groups excluding carboxylic acids is 2. The van der Waals surface area contributed by atoms with Crippen LogP contribution in [0.25, 0.3) is 44.6 Å². The van der Waals surface area contributed by atoms with Gasteiger partial charge in [0.1, 0.15) is 59.2 Å². The number of methoxy groups -OCH3 is 2. The SMILES string of the molecule is COCCn1c(Cc2cc(F)c(-c3cccc(OCc4ccc5c(c4)CN(S(C)(=O)=O)C5)n3)cc2F)nc2c(F)cc(C(=O)OC(=O)c3cc(F)c4nc(Cc5cc(F)c(-c6cccc(OCc7ccc8c(c7)CN(S(C)(=O)=O)C8)n6)cc5F)n(CCOC)c4c3)cc21. The van der Waals surface area contributed by atoms with Crippen LogP contribution in [-0.2, 0) is 99.6 Å². The summed E-state index contributed by atoms with van der Waals surface area (Å²) in [7, 11) is -3.96. The normalized spacial score (nSPS) is 13.5. The second-order valence-corrected chi connectivity index (χ2v) is 26.4. The molecule has 0 fully saturated rings. The maximum absolute atomic E-state index is 16.1. The molecule has 0 N–H and O–H groups in total. The van der Waals surface area contributed by atoms with Crippen LogP contribution in [0.3, 0.4) is 0 Å². The van der Waals surface area contributed by atoms with Gasteiger partial charge in [-0.25, -0.2) is 72.7 Å². The number of pyridine rings is 2. The van der Waals surface area contributed by atoms with Gasteiger partial charge in [-0.1, -0.05) is 48.5 Å². The number of imidazole rings is 2. The summed E-state index contributed by atoms with van der Waals surface area (Å²) in [6.45, 7) is 1.16. The van der Waals surface area contributed by atoms with E-state index in [1.807, 2.05) is 36.4 Å². The van der Waals surface area contributed by atoms with E-state index < -0.39 is 78.0 Å². The van der Waals surface area contributed by atoms with Crippen molar-refractivity contribution in [2.24, 2.45) is 0 Å². The predicted molar refractivity (Wildman–Crippen MR) is 327 cm³/mol. The fourth-order valence-electron chi connectivity index (χ4n) is 11.3. The van der Waals surface area contributed by atoms with Gasteiger partial charge in [0.2, 0.25) is 31.8 Å². The molecule has 2 aliphatic heterocycles. The lowest BCUT2D eigenvalue weighted by Crippen LogP contribution is -2.23. The number of ether oxygens (including phenoxy) is 5. The fraction of sp³-hybridized carbons (Fsp3) is 0.242. The Labute approximate surface area is 528 Å². The average Bonchev–Trinajstić information content (AvgIpc) is 1.67. The van der Waals surface area contributed by atoms with Crippen molar-refractivity contribution in [3.05, 3.63) is 224 Å². The van der Waals surface area contributed by atoms with Crippen LogP contribution >= 0.6 is 0 Å². The quantitative estimate of drug-likeness (QED) is 0.0350. The van der Waals surface area contributed by atoms with Gasteiger partial charge in [0, 0.05) is 89.6 Å². The number of carbonyl (C=O) groups is 2. The van der Waals surface area contributed by atoms with Crippen molar-refractivity contribution < 1.29 is 76.5 Å². The van der Waals surface area contributed by atoms with Gasteiger partial charge in [-0.3, -0.25) is 0 Å². The number of rotatable bonds is 22. The molecule has 6 aromatic carbocycles. The minimum atomic E-state index is -3.39. The summed E-state index contributed by atoms with van der Waals surface area (Å²) in [5.74, 6) is -7.80. The number of halogens is 6. The van der Waals surface area contributed by atoms with Crippen LogP contribution in [0.2, 0.25) is 0 Å². The molecular weight excluding hydrogens is 1260 g/mol. The van der Waals surface area contributed by atoms with Gasteiger partial charge in [-0.2, -0.15) is 8.61 Å². The minimum absolute atomic E-state index is 0.00656. The van der Waals surface area contributed by atoms with E-state index in [4.69, 9.17) is 23.7 Å². The number of fused-ring (bicyclic) bond motifs is 4. The lowest BCUT2D eigenvalue weighted by Gasteiger charge is -2.12. The molecule has 27 heteroatoms. The number of aromatic nitrogens is 6. The summed E-state index contributed by atoms with van der Waals surface area (Å²) in [6, 6.07) is 28.0. The number of esters is 2. The van der Waals surface area contributed by atoms with Crippen LogP contribution in [0.4, 0.5) is 26.3 Å². The first-order valence-electron chi connectivity index (χ1n) is 28.9. The van der Waals surface area contributed by atoms with E-state index in [1.165, 1.54) is 56.2 Å². The van der Waals surface area contributed by atoms with Crippen molar-refractivity contribution in [2.75, 3.05) is 39.9 Å². The van der Waals surface area contributed by atoms with E-state index in [-0.39, 0.29) is 158 Å². The smallest absolute Gasteiger partial charge is 0.346 e. The molecule has 0 saturated carbocycles. The van der Waals surface area contributed by atoms with Gasteiger partial charge in [0.05, 0.1) is 59.3 Å². The summed E-state index contributed by atoms with van der Waals surface area (Å²) >= 11 is 0. The van der Waals surface area contributed by atoms with Gasteiger partial charge in [-0.15, -0.1) is 0 Å². The van der Waals surface area contributed by atoms with Gasteiger partial charge < -0.3 is 32.8 Å². The highest BCUT2D eigenvalue weighted by Gasteiger charge is 2.30. The van der Waals surface area contributed by atoms with Crippen molar-refractivity contribution in [1.82, 2.24) is 37.7 Å². The molecule has 0 amide bonds. The first kappa shape index (κ1) is 63.8. The number of benzene rings is 6. The summed E-state index contributed by atoms with van der Waals surface area (Å²) in [5.41, 5.74) is 2.96. The van der Waals surface area contributed by atoms with Crippen LogP contribution in [-0.4, -0.2) is 106 Å². The summed E-state index contributed by atoms with van der Waals surface area (Å²) in [4.78, 5) is 45.2. The minimum Gasteiger partial charge on any atom is -0.473 e. The molecule has 12 rings (SSSR count). The van der Waals surface area contributed by atoms with Crippen molar-refractivity contribution >= 4 is 54.1 Å². The number of sulfonamides is 2. The highest BCUT2D eigenvalue weighted by atomic mass is 32.2. The zero-order valence-electron chi connectivity index (χ0n) is 50.2. The molecule has 0 atom stereocenters. The van der Waals surface area contributed by atoms with Crippen molar-refractivity contribution in [3.8, 4) is 34.3 Å². The molecule has 10 aromatic rings. The molecule has 4 aromatic heterocycles. The van der Waals surface area contributed by atoms with Crippen LogP contribution in [0, 0.1) is 34.9 Å². The lowest BCUT2D eigenvalue weighted by atomic mass is 10.0. The molecule has 6 heterocycles. The number of nitrogens with zero attached hydrogens (tertiary/aromatic N) is 8. The second-order valence-electron chi connectivity index (χ2n) is 22.4. The van der Waals surface area contributed by atoms with Crippen LogP contribution in [0.1, 0.15) is 76.9 Å². The molecule has 2 aliphatic rings. The van der Waals surface area contributed by atoms with Gasteiger partial charge in [0.25, 0.3) is 0 Å². The molecule has 93 heavy (non-hydrogen) atoms. The van der Waals surface area contributed by atoms with Crippen LogP contribution in [0.5, 0.6) is 11.8 Å². The number of hydrogen-bond acceptors (Lipinski definition) is 15. The third-order valence-electron chi connectivity index (χ3n) is 16.1. The third kappa shape index (κ3) is 13.6. The van der Waals surface area contributed by atoms with E-state index in [2.05, 4.69) is 19.9 Å². The van der Waals surface area contributed by atoms with E-state index in [0.29, 0.717) is 0 Å². The standard InChI is InChI=1S/C66H56F6N8O11S2/c1-87-17-15-79-57-25-43(23-53(71)63(57)75-59(79)27-41-21-51(69)47(29-49(41)67)55-7-5-9-61(73-55)89-35-37-11-13-39-31-77(92(3,83)84)33-45(39)19-37)65(81)91-66(82)44-24-54(72)64-58(26-44)80(16-18-88-2)60(76-64)28-42-22-52(70)48(30-50(42)68)56-8-6-10-62(74-56)90-36-38-12-14-40-32-78(93(4,85)86)34-46(40)20-38/h5-14,19-26,29-30H,15-18,27-28,31-36H2,1-4H3. The van der Waals surface area contributed by atoms with Gasteiger partial charge in [-0.05, 0) is 105 Å². The van der Waals surface area contributed by atoms with E-state index >= 15 is 26.3 Å². The molecule has 0 bridgehead atoms. The molecule has 0 aliphatic carbocycles. The number of hydrogen-bond donors (Lipinski definition) is 0. The Kier molecular flexibility index (Phi) is 17.8. The van der Waals surface area contributed by atoms with Gasteiger partial charge in [0.15, 0.2) is 11.6 Å². The average molecular weight is 1320 g/mol. The third-order valence-corrected chi connectivity index (χ3v) is 18.5. The Bertz CT molecular complexity index is 4590. The summed E-state index contributed by atoms with van der Waals surface area (Å²) in [6.07, 6.45) is 1.57. The topological polar surface area (TPSA) is 216 Å². The summed E-state index contributed by atoms with van der Waals surface area (Å²) in [5, 5.41) is 0. The first-order chi connectivity index (χ1) is 44.5. The van der Waals surface area contributed by atoms with E-state index in [1.54, 1.807) is 24.3 Å². The zero-order valence-corrected chi connectivity index (χ0v) is 51.8. The second kappa shape index (κ2) is 26.0. The van der Waals surface area contributed by atoms with E-state index in [0.717, 1.165) is 82.3 Å². The summed E-state index contributed by atoms with van der Waals surface area (Å²) < 4.78 is 178. The van der Waals surface area contributed by atoms with Crippen molar-refractivity contribution in [1.29, 1.82) is 0 Å². The molecule has 0 unspecified atom stereocenters.